The van der Waals surface area contributed by atoms with Crippen molar-refractivity contribution in [2.45, 2.75) is 50.6 Å². The molecule has 0 fully saturated rings. The molecule has 0 radical (unpaired) electrons. The second kappa shape index (κ2) is 9.72. The summed E-state index contributed by atoms with van der Waals surface area (Å²) in [6.45, 7) is 6.98. The fourth-order valence-electron chi connectivity index (χ4n) is 2.82. The quantitative estimate of drug-likeness (QED) is 0.396. The van der Waals surface area contributed by atoms with Gasteiger partial charge in [0, 0.05) is 17.4 Å². The number of sulfonamides is 1. The number of carbonyl (C=O) groups is 1. The molecule has 9 nitrogen and oxygen atoms in total. The Hall–Kier alpha value is -3.23. The van der Waals surface area contributed by atoms with E-state index in [1.807, 2.05) is 6.07 Å². The predicted octanol–water partition coefficient (Wildman–Crippen LogP) is 3.44. The molecule has 2 rings (SSSR count). The monoisotopic (exact) mass is 448 g/mol. The molecule has 0 aliphatic heterocycles. The number of carbonyl (C=O) groups excluding carboxylic acids is 1. The zero-order valence-electron chi connectivity index (χ0n) is 17.7. The number of halogens is 1. The summed E-state index contributed by atoms with van der Waals surface area (Å²) >= 11 is 0. The third-order valence-electron chi connectivity index (χ3n) is 4.08. The van der Waals surface area contributed by atoms with Crippen molar-refractivity contribution in [1.29, 1.82) is 5.26 Å². The molecule has 11 heteroatoms. The lowest BCUT2D eigenvalue weighted by Crippen LogP contribution is -2.40. The number of benzene rings is 1. The molecule has 2 aromatic rings. The van der Waals surface area contributed by atoms with Crippen LogP contribution in [0.5, 0.6) is 0 Å². The van der Waals surface area contributed by atoms with E-state index in [1.165, 1.54) is 28.4 Å². The summed E-state index contributed by atoms with van der Waals surface area (Å²) in [5, 5.41) is 16.3. The van der Waals surface area contributed by atoms with E-state index in [4.69, 9.17) is 5.26 Å². The second-order valence-electron chi connectivity index (χ2n) is 7.87. The number of aldehydes is 1. The molecule has 0 aliphatic carbocycles. The Morgan fingerprint density at radius 2 is 1.94 bits per heavy atom. The van der Waals surface area contributed by atoms with Crippen molar-refractivity contribution < 1.29 is 17.7 Å². The van der Waals surface area contributed by atoms with E-state index in [1.54, 1.807) is 39.8 Å². The number of nitriles is 1. The van der Waals surface area contributed by atoms with Crippen LogP contribution in [0.3, 0.4) is 0 Å². The van der Waals surface area contributed by atoms with Crippen LogP contribution in [0.25, 0.3) is 6.08 Å². The summed E-state index contributed by atoms with van der Waals surface area (Å²) < 4.78 is 41.3. The van der Waals surface area contributed by atoms with Crippen molar-refractivity contribution in [2.24, 2.45) is 0 Å². The molecule has 0 spiro atoms. The Bertz CT molecular complexity index is 1100. The van der Waals surface area contributed by atoms with Crippen LogP contribution < -0.4 is 15.6 Å². The van der Waals surface area contributed by atoms with Crippen LogP contribution in [-0.4, -0.2) is 30.0 Å². The molecule has 0 bridgehead atoms. The Balaban J connectivity index is 2.39. The van der Waals surface area contributed by atoms with Crippen molar-refractivity contribution in [3.8, 4) is 6.07 Å². The molecule has 1 heterocycles. The summed E-state index contributed by atoms with van der Waals surface area (Å²) in [5.41, 5.74) is 1.73. The minimum atomic E-state index is -3.69. The molecular weight excluding hydrogens is 423 g/mol. The lowest BCUT2D eigenvalue weighted by molar-refractivity contribution is 0.112. The van der Waals surface area contributed by atoms with Gasteiger partial charge >= 0.3 is 0 Å². The van der Waals surface area contributed by atoms with E-state index in [0.29, 0.717) is 17.7 Å². The topological polar surface area (TPSA) is 129 Å². The maximum absolute atomic E-state index is 12.4. The third kappa shape index (κ3) is 6.13. The zero-order chi connectivity index (χ0) is 23.2. The second-order valence-corrected chi connectivity index (χ2v) is 9.55. The summed E-state index contributed by atoms with van der Waals surface area (Å²) in [4.78, 5) is 11.8. The normalized spacial score (nSPS) is 13.0. The molecule has 0 saturated heterocycles. The number of nitrogens with zero attached hydrogens (tertiary/aromatic N) is 3. The summed E-state index contributed by atoms with van der Waals surface area (Å²) in [5.74, 6) is 0.196. The number of anilines is 2. The molecule has 0 aliphatic rings. The third-order valence-corrected chi connectivity index (χ3v) is 5.85. The predicted molar refractivity (Wildman–Crippen MR) is 116 cm³/mol. The number of aromatic nitrogens is 2. The molecule has 1 unspecified atom stereocenters. The number of rotatable bonds is 9. The lowest BCUT2D eigenvalue weighted by Gasteiger charge is -2.20. The van der Waals surface area contributed by atoms with Gasteiger partial charge in [0.2, 0.25) is 10.0 Å². The first-order valence-corrected chi connectivity index (χ1v) is 10.9. The number of nitrogens with one attached hydrogen (secondary N) is 3. The molecule has 166 valence electrons. The van der Waals surface area contributed by atoms with E-state index in [9.17, 15) is 17.7 Å². The Labute approximate surface area is 180 Å². The van der Waals surface area contributed by atoms with Gasteiger partial charge in [-0.25, -0.2) is 18.7 Å². The van der Waals surface area contributed by atoms with Crippen LogP contribution in [0.1, 0.15) is 56.2 Å². The molecular formula is C20H25FN6O3S. The Morgan fingerprint density at radius 3 is 2.45 bits per heavy atom. The molecule has 1 atom stereocenters. The van der Waals surface area contributed by atoms with Crippen molar-refractivity contribution >= 4 is 33.9 Å². The number of hydrogen-bond acceptors (Lipinski definition) is 7. The minimum absolute atomic E-state index is 0.0920. The zero-order valence-corrected chi connectivity index (χ0v) is 18.5. The van der Waals surface area contributed by atoms with Crippen molar-refractivity contribution in [2.75, 3.05) is 5.32 Å². The molecule has 0 amide bonds. The average molecular weight is 449 g/mol. The van der Waals surface area contributed by atoms with Gasteiger partial charge < -0.3 is 5.32 Å². The van der Waals surface area contributed by atoms with Crippen LogP contribution in [-0.2, 0) is 10.0 Å². The Kier molecular flexibility index (Phi) is 7.54. The smallest absolute Gasteiger partial charge is 0.241 e. The standard InChI is InChI=1S/C20H25FN6O3S/c1-14(9-11-22)27-18(10-12-23-21)17(13-28)19(25-27)24-15-5-7-16(8-6-15)31(29,30)26-20(2,3)4/h5-8,10,12-14,23,26H,9H2,1-4H3,(H,24,25)/b12-10-. The average Bonchev–Trinajstić information content (AvgIpc) is 3.02. The summed E-state index contributed by atoms with van der Waals surface area (Å²) in [6, 6.07) is 7.62. The maximum atomic E-state index is 12.4. The highest BCUT2D eigenvalue weighted by Gasteiger charge is 2.22. The van der Waals surface area contributed by atoms with Crippen LogP contribution in [0.2, 0.25) is 0 Å². The molecule has 1 aromatic carbocycles. The van der Waals surface area contributed by atoms with Crippen molar-refractivity contribution in [3.63, 3.8) is 0 Å². The van der Waals surface area contributed by atoms with E-state index in [-0.39, 0.29) is 28.7 Å². The minimum Gasteiger partial charge on any atom is -0.338 e. The van der Waals surface area contributed by atoms with Gasteiger partial charge in [-0.05, 0) is 58.0 Å². The van der Waals surface area contributed by atoms with Crippen LogP contribution in [0, 0.1) is 11.3 Å². The van der Waals surface area contributed by atoms with Crippen LogP contribution in [0.4, 0.5) is 16.0 Å². The van der Waals surface area contributed by atoms with Gasteiger partial charge in [0.1, 0.15) is 0 Å². The van der Waals surface area contributed by atoms with Crippen molar-refractivity contribution in [1.82, 2.24) is 20.0 Å². The van der Waals surface area contributed by atoms with Gasteiger partial charge in [-0.1, -0.05) is 0 Å². The van der Waals surface area contributed by atoms with Gasteiger partial charge in [0.25, 0.3) is 0 Å². The highest BCUT2D eigenvalue weighted by atomic mass is 32.2. The van der Waals surface area contributed by atoms with E-state index < -0.39 is 15.6 Å². The Morgan fingerprint density at radius 1 is 1.29 bits per heavy atom. The first kappa shape index (κ1) is 24.0. The van der Waals surface area contributed by atoms with Crippen LogP contribution >= 0.6 is 0 Å². The van der Waals surface area contributed by atoms with Crippen LogP contribution in [0.15, 0.2) is 35.4 Å². The molecule has 1 aromatic heterocycles. The number of hydrogen-bond donors (Lipinski definition) is 3. The summed E-state index contributed by atoms with van der Waals surface area (Å²) in [7, 11) is -3.69. The van der Waals surface area contributed by atoms with Crippen molar-refractivity contribution in [3.05, 3.63) is 41.7 Å². The van der Waals surface area contributed by atoms with E-state index in [2.05, 4.69) is 15.1 Å². The maximum Gasteiger partial charge on any atom is 0.241 e. The largest absolute Gasteiger partial charge is 0.338 e. The van der Waals surface area contributed by atoms with Gasteiger partial charge in [0.05, 0.1) is 34.7 Å². The van der Waals surface area contributed by atoms with Gasteiger partial charge in [-0.15, -0.1) is 4.48 Å². The highest BCUT2D eigenvalue weighted by molar-refractivity contribution is 7.89. The fraction of sp³-hybridized carbons (Fsp3) is 0.350. The highest BCUT2D eigenvalue weighted by Crippen LogP contribution is 2.27. The fourth-order valence-corrected chi connectivity index (χ4v) is 4.23. The van der Waals surface area contributed by atoms with E-state index >= 15 is 0 Å². The first-order valence-electron chi connectivity index (χ1n) is 9.41. The first-order chi connectivity index (χ1) is 14.5. The van der Waals surface area contributed by atoms with E-state index in [0.717, 1.165) is 6.20 Å². The van der Waals surface area contributed by atoms with Gasteiger partial charge in [0.15, 0.2) is 12.1 Å². The SMILES string of the molecule is CC(CC#N)n1nc(Nc2ccc(S(=O)(=O)NC(C)(C)C)cc2)c(C=O)c1/C=C\NF. The van der Waals surface area contributed by atoms with Gasteiger partial charge in [-0.3, -0.25) is 9.48 Å². The summed E-state index contributed by atoms with van der Waals surface area (Å²) in [6.07, 6.45) is 3.06. The molecule has 31 heavy (non-hydrogen) atoms. The van der Waals surface area contributed by atoms with Gasteiger partial charge in [-0.2, -0.15) is 10.4 Å². The lowest BCUT2D eigenvalue weighted by atomic mass is 10.1. The molecule has 3 N–H and O–H groups in total. The molecule has 0 saturated carbocycles.